The van der Waals surface area contributed by atoms with Crippen molar-refractivity contribution in [3.63, 3.8) is 0 Å². The monoisotopic (exact) mass is 231 g/mol. The SMILES string of the molecule is COC(=O)CC(O)CNCC(C)(C)C(C)C. The standard InChI is InChI=1S/C12H25NO3/c1-9(2)12(3,4)8-13-7-10(14)6-11(15)16-5/h9-10,13-14H,6-8H2,1-5H3. The van der Waals surface area contributed by atoms with E-state index in [1.807, 2.05) is 0 Å². The molecular weight excluding hydrogens is 206 g/mol. The summed E-state index contributed by atoms with van der Waals surface area (Å²) in [6.45, 7) is 9.95. The van der Waals surface area contributed by atoms with E-state index in [0.29, 0.717) is 12.5 Å². The van der Waals surface area contributed by atoms with Crippen molar-refractivity contribution in [1.82, 2.24) is 5.32 Å². The molecule has 0 saturated heterocycles. The summed E-state index contributed by atoms with van der Waals surface area (Å²) in [4.78, 5) is 10.9. The number of hydrogen-bond donors (Lipinski definition) is 2. The van der Waals surface area contributed by atoms with E-state index in [1.54, 1.807) is 0 Å². The topological polar surface area (TPSA) is 58.6 Å². The van der Waals surface area contributed by atoms with E-state index < -0.39 is 6.10 Å². The summed E-state index contributed by atoms with van der Waals surface area (Å²) in [5.74, 6) is 0.190. The summed E-state index contributed by atoms with van der Waals surface area (Å²) in [7, 11) is 1.32. The third-order valence-electron chi connectivity index (χ3n) is 3.15. The van der Waals surface area contributed by atoms with Crippen LogP contribution in [0.5, 0.6) is 0 Å². The number of aliphatic hydroxyl groups excluding tert-OH is 1. The lowest BCUT2D eigenvalue weighted by Gasteiger charge is -2.29. The van der Waals surface area contributed by atoms with Gasteiger partial charge >= 0.3 is 5.97 Å². The number of ether oxygens (including phenoxy) is 1. The first-order valence-corrected chi connectivity index (χ1v) is 5.75. The maximum atomic E-state index is 10.9. The van der Waals surface area contributed by atoms with E-state index in [0.717, 1.165) is 6.54 Å². The van der Waals surface area contributed by atoms with Crippen LogP contribution in [0.25, 0.3) is 0 Å². The molecule has 2 N–H and O–H groups in total. The fourth-order valence-electron chi connectivity index (χ4n) is 1.11. The molecule has 0 aliphatic heterocycles. The summed E-state index contributed by atoms with van der Waals surface area (Å²) >= 11 is 0. The van der Waals surface area contributed by atoms with Gasteiger partial charge in [-0.3, -0.25) is 4.79 Å². The summed E-state index contributed by atoms with van der Waals surface area (Å²) in [6, 6.07) is 0. The second-order valence-corrected chi connectivity index (χ2v) is 5.21. The van der Waals surface area contributed by atoms with Crippen LogP contribution < -0.4 is 5.32 Å². The average molecular weight is 231 g/mol. The number of rotatable bonds is 7. The van der Waals surface area contributed by atoms with Crippen molar-refractivity contribution >= 4 is 5.97 Å². The molecule has 0 spiro atoms. The normalized spacial score (nSPS) is 13.9. The van der Waals surface area contributed by atoms with Crippen molar-refractivity contribution in [1.29, 1.82) is 0 Å². The summed E-state index contributed by atoms with van der Waals surface area (Å²) in [5, 5.41) is 12.7. The van der Waals surface area contributed by atoms with Crippen LogP contribution >= 0.6 is 0 Å². The number of hydrogen-bond acceptors (Lipinski definition) is 4. The first kappa shape index (κ1) is 15.4. The maximum absolute atomic E-state index is 10.9. The number of esters is 1. The van der Waals surface area contributed by atoms with Gasteiger partial charge in [0.25, 0.3) is 0 Å². The lowest BCUT2D eigenvalue weighted by molar-refractivity contribution is -0.142. The van der Waals surface area contributed by atoms with Gasteiger partial charge in [0.15, 0.2) is 0 Å². The van der Waals surface area contributed by atoms with Gasteiger partial charge in [-0.15, -0.1) is 0 Å². The largest absolute Gasteiger partial charge is 0.469 e. The van der Waals surface area contributed by atoms with Crippen LogP contribution in [0.1, 0.15) is 34.1 Å². The quantitative estimate of drug-likeness (QED) is 0.646. The van der Waals surface area contributed by atoms with Crippen LogP contribution in [0.3, 0.4) is 0 Å². The molecule has 4 nitrogen and oxygen atoms in total. The molecule has 0 saturated carbocycles. The van der Waals surface area contributed by atoms with E-state index in [-0.39, 0.29) is 17.8 Å². The Morgan fingerprint density at radius 3 is 2.44 bits per heavy atom. The lowest BCUT2D eigenvalue weighted by Crippen LogP contribution is -2.38. The van der Waals surface area contributed by atoms with Crippen LogP contribution in [-0.2, 0) is 9.53 Å². The molecule has 16 heavy (non-hydrogen) atoms. The fraction of sp³-hybridized carbons (Fsp3) is 0.917. The second kappa shape index (κ2) is 6.86. The molecule has 0 rings (SSSR count). The van der Waals surface area contributed by atoms with E-state index in [9.17, 15) is 9.90 Å². The van der Waals surface area contributed by atoms with Crippen LogP contribution in [0.4, 0.5) is 0 Å². The van der Waals surface area contributed by atoms with Crippen molar-refractivity contribution in [2.45, 2.75) is 40.2 Å². The molecule has 1 unspecified atom stereocenters. The zero-order valence-electron chi connectivity index (χ0n) is 11.0. The van der Waals surface area contributed by atoms with Gasteiger partial charge in [0.1, 0.15) is 0 Å². The molecule has 0 aliphatic carbocycles. The first-order valence-electron chi connectivity index (χ1n) is 5.75. The fourth-order valence-corrected chi connectivity index (χ4v) is 1.11. The molecule has 0 heterocycles. The Balaban J connectivity index is 3.77. The lowest BCUT2D eigenvalue weighted by atomic mass is 9.81. The van der Waals surface area contributed by atoms with Crippen LogP contribution in [0, 0.1) is 11.3 Å². The van der Waals surface area contributed by atoms with E-state index in [1.165, 1.54) is 7.11 Å². The summed E-state index contributed by atoms with van der Waals surface area (Å²) in [5.41, 5.74) is 0.186. The van der Waals surface area contributed by atoms with Gasteiger partial charge in [-0.05, 0) is 11.3 Å². The third kappa shape index (κ3) is 6.08. The van der Waals surface area contributed by atoms with Gasteiger partial charge in [0.05, 0.1) is 19.6 Å². The number of nitrogens with one attached hydrogen (secondary N) is 1. The van der Waals surface area contributed by atoms with E-state index >= 15 is 0 Å². The minimum absolute atomic E-state index is 0.0472. The number of carbonyl (C=O) groups is 1. The van der Waals surface area contributed by atoms with Gasteiger partial charge in [-0.2, -0.15) is 0 Å². The van der Waals surface area contributed by atoms with Crippen LogP contribution in [-0.4, -0.2) is 37.4 Å². The van der Waals surface area contributed by atoms with Gasteiger partial charge in [-0.1, -0.05) is 27.7 Å². The van der Waals surface area contributed by atoms with E-state index in [2.05, 4.69) is 37.7 Å². The molecule has 0 fully saturated rings. The predicted octanol–water partition coefficient (Wildman–Crippen LogP) is 1.18. The van der Waals surface area contributed by atoms with Crippen molar-refractivity contribution < 1.29 is 14.6 Å². The van der Waals surface area contributed by atoms with Crippen molar-refractivity contribution in [3.8, 4) is 0 Å². The smallest absolute Gasteiger partial charge is 0.308 e. The second-order valence-electron chi connectivity index (χ2n) is 5.21. The first-order chi connectivity index (χ1) is 7.29. The third-order valence-corrected chi connectivity index (χ3v) is 3.15. The maximum Gasteiger partial charge on any atom is 0.308 e. The van der Waals surface area contributed by atoms with Crippen LogP contribution in [0.2, 0.25) is 0 Å². The highest BCUT2D eigenvalue weighted by Crippen LogP contribution is 2.24. The molecule has 0 radical (unpaired) electrons. The molecule has 0 aromatic heterocycles. The molecule has 4 heteroatoms. The Hall–Kier alpha value is -0.610. The minimum atomic E-state index is -0.671. The van der Waals surface area contributed by atoms with E-state index in [4.69, 9.17) is 0 Å². The van der Waals surface area contributed by atoms with Crippen molar-refractivity contribution in [2.75, 3.05) is 20.2 Å². The zero-order valence-corrected chi connectivity index (χ0v) is 11.0. The van der Waals surface area contributed by atoms with Crippen molar-refractivity contribution in [2.24, 2.45) is 11.3 Å². The molecule has 0 aliphatic rings. The number of carbonyl (C=O) groups excluding carboxylic acids is 1. The van der Waals surface area contributed by atoms with Crippen molar-refractivity contribution in [3.05, 3.63) is 0 Å². The Morgan fingerprint density at radius 1 is 1.44 bits per heavy atom. The Bertz CT molecular complexity index is 214. The molecule has 96 valence electrons. The highest BCUT2D eigenvalue weighted by molar-refractivity contribution is 5.69. The molecule has 0 bridgehead atoms. The summed E-state index contributed by atoms with van der Waals surface area (Å²) in [6.07, 6.45) is -0.624. The molecule has 0 aromatic rings. The highest BCUT2D eigenvalue weighted by atomic mass is 16.5. The van der Waals surface area contributed by atoms with Gasteiger partial charge in [-0.25, -0.2) is 0 Å². The Kier molecular flexibility index (Phi) is 6.60. The molecule has 1 atom stereocenters. The van der Waals surface area contributed by atoms with Crippen LogP contribution in [0.15, 0.2) is 0 Å². The predicted molar refractivity (Wildman–Crippen MR) is 64.1 cm³/mol. The zero-order chi connectivity index (χ0) is 12.8. The van der Waals surface area contributed by atoms with Gasteiger partial charge < -0.3 is 15.2 Å². The average Bonchev–Trinajstić information content (AvgIpc) is 2.16. The highest BCUT2D eigenvalue weighted by Gasteiger charge is 2.22. The summed E-state index contributed by atoms with van der Waals surface area (Å²) < 4.78 is 4.48. The molecule has 0 aromatic carbocycles. The molecule has 0 amide bonds. The minimum Gasteiger partial charge on any atom is -0.469 e. The van der Waals surface area contributed by atoms with Gasteiger partial charge in [0.2, 0.25) is 0 Å². The Morgan fingerprint density at radius 2 is 2.00 bits per heavy atom. The molecular formula is C12H25NO3. The number of methoxy groups -OCH3 is 1. The Labute approximate surface area is 98.4 Å². The number of aliphatic hydroxyl groups is 1. The van der Waals surface area contributed by atoms with Gasteiger partial charge in [0, 0.05) is 13.1 Å².